The van der Waals surface area contributed by atoms with Crippen LogP contribution in [0.15, 0.2) is 48.7 Å². The minimum absolute atomic E-state index is 0.292. The number of hydrogen-bond donors (Lipinski definition) is 2. The molecule has 2 atom stereocenters. The smallest absolute Gasteiger partial charge is 0.324 e. The summed E-state index contributed by atoms with van der Waals surface area (Å²) in [7, 11) is 1.61. The first kappa shape index (κ1) is 17.7. The van der Waals surface area contributed by atoms with Crippen molar-refractivity contribution in [2.24, 2.45) is 0 Å². The first-order chi connectivity index (χ1) is 14.2. The largest absolute Gasteiger partial charge is 0.497 e. The van der Waals surface area contributed by atoms with Gasteiger partial charge >= 0.3 is 6.03 Å². The van der Waals surface area contributed by atoms with E-state index in [1.165, 1.54) is 0 Å². The number of ether oxygens (including phenoxy) is 2. The van der Waals surface area contributed by atoms with Crippen molar-refractivity contribution in [2.75, 3.05) is 35.8 Å². The summed E-state index contributed by atoms with van der Waals surface area (Å²) in [6, 6.07) is 13.0. The van der Waals surface area contributed by atoms with Crippen LogP contribution in [-0.2, 0) is 4.74 Å². The highest BCUT2D eigenvalue weighted by Gasteiger charge is 2.39. The van der Waals surface area contributed by atoms with Gasteiger partial charge in [-0.1, -0.05) is 6.07 Å². The summed E-state index contributed by atoms with van der Waals surface area (Å²) >= 11 is 0. The summed E-state index contributed by atoms with van der Waals surface area (Å²) in [5.74, 6) is 2.08. The summed E-state index contributed by atoms with van der Waals surface area (Å²) in [4.78, 5) is 23.8. The van der Waals surface area contributed by atoms with Gasteiger partial charge < -0.3 is 19.7 Å². The number of carbonyl (C=O) groups excluding carboxylic acids is 1. The number of hydrogen-bond acceptors (Lipinski definition) is 6. The first-order valence-electron chi connectivity index (χ1n) is 9.55. The molecule has 2 amide bonds. The molecule has 4 heterocycles. The number of benzene rings is 1. The Morgan fingerprint density at radius 2 is 2.17 bits per heavy atom. The van der Waals surface area contributed by atoms with Crippen LogP contribution in [0.25, 0.3) is 10.9 Å². The monoisotopic (exact) mass is 391 g/mol. The lowest BCUT2D eigenvalue weighted by Crippen LogP contribution is -2.37. The predicted molar refractivity (Wildman–Crippen MR) is 111 cm³/mol. The third-order valence-electron chi connectivity index (χ3n) is 5.37. The standard InChI is InChI=1S/C21H21N5O3/c1-28-14-5-6-16-17(7-8-22-18(16)10-14)23-21(27)25-19-3-2-4-20(24-19)26-11-15-9-13(26)12-29-15/h2-8,10,13,15H,9,11-12H2,1H3,(H2,22,23,24,25,27)/t13-,15-/m0/s1. The Morgan fingerprint density at radius 1 is 1.24 bits per heavy atom. The quantitative estimate of drug-likeness (QED) is 0.710. The number of nitrogens with one attached hydrogen (secondary N) is 2. The molecule has 2 aliphatic heterocycles. The van der Waals surface area contributed by atoms with Gasteiger partial charge in [-0.2, -0.15) is 0 Å². The van der Waals surface area contributed by atoms with Crippen LogP contribution >= 0.6 is 0 Å². The number of rotatable bonds is 4. The van der Waals surface area contributed by atoms with Crippen LogP contribution in [0.3, 0.4) is 0 Å². The molecule has 2 aromatic heterocycles. The molecule has 0 radical (unpaired) electrons. The molecule has 148 valence electrons. The lowest BCUT2D eigenvalue weighted by molar-refractivity contribution is 0.0989. The number of pyridine rings is 2. The summed E-state index contributed by atoms with van der Waals surface area (Å²) in [5.41, 5.74) is 1.41. The Hall–Kier alpha value is -3.39. The van der Waals surface area contributed by atoms with Crippen LogP contribution in [0.4, 0.5) is 22.1 Å². The molecular weight excluding hydrogens is 370 g/mol. The molecule has 2 aliphatic rings. The van der Waals surface area contributed by atoms with Crippen molar-refractivity contribution >= 4 is 34.3 Å². The molecule has 0 saturated carbocycles. The number of anilines is 3. The Morgan fingerprint density at radius 3 is 2.97 bits per heavy atom. The van der Waals surface area contributed by atoms with E-state index >= 15 is 0 Å². The SMILES string of the molecule is COc1ccc2c(NC(=O)Nc3cccc(N4C[C@@H]5C[C@H]4CO5)n3)ccnc2c1. The molecule has 0 unspecified atom stereocenters. The average Bonchev–Trinajstić information content (AvgIpc) is 3.37. The molecule has 2 N–H and O–H groups in total. The Kier molecular flexibility index (Phi) is 4.40. The van der Waals surface area contributed by atoms with E-state index in [2.05, 4.69) is 25.5 Å². The fourth-order valence-electron chi connectivity index (χ4n) is 3.97. The number of aromatic nitrogens is 2. The normalized spacial score (nSPS) is 20.1. The van der Waals surface area contributed by atoms with Crippen LogP contribution in [0, 0.1) is 0 Å². The maximum Gasteiger partial charge on any atom is 0.324 e. The molecule has 0 spiro atoms. The zero-order chi connectivity index (χ0) is 19.8. The van der Waals surface area contributed by atoms with Gasteiger partial charge in [0.25, 0.3) is 0 Å². The molecule has 2 fully saturated rings. The Labute approximate surface area is 167 Å². The minimum atomic E-state index is -0.357. The maximum absolute atomic E-state index is 12.6. The summed E-state index contributed by atoms with van der Waals surface area (Å²) in [6.07, 6.45) is 2.99. The van der Waals surface area contributed by atoms with E-state index in [0.717, 1.165) is 36.3 Å². The van der Waals surface area contributed by atoms with Crippen molar-refractivity contribution in [3.63, 3.8) is 0 Å². The number of amides is 2. The van der Waals surface area contributed by atoms with E-state index in [4.69, 9.17) is 9.47 Å². The lowest BCUT2D eigenvalue weighted by atomic mass is 10.2. The second-order valence-electron chi connectivity index (χ2n) is 7.20. The highest BCUT2D eigenvalue weighted by Crippen LogP contribution is 2.32. The third-order valence-corrected chi connectivity index (χ3v) is 5.37. The topological polar surface area (TPSA) is 88.6 Å². The Balaban J connectivity index is 1.31. The van der Waals surface area contributed by atoms with Crippen LogP contribution < -0.4 is 20.3 Å². The van der Waals surface area contributed by atoms with E-state index in [1.54, 1.807) is 25.4 Å². The van der Waals surface area contributed by atoms with Gasteiger partial charge in [-0.15, -0.1) is 0 Å². The van der Waals surface area contributed by atoms with Crippen molar-refractivity contribution in [1.29, 1.82) is 0 Å². The fraction of sp³-hybridized carbons (Fsp3) is 0.286. The van der Waals surface area contributed by atoms with E-state index in [1.807, 2.05) is 30.3 Å². The van der Waals surface area contributed by atoms with Crippen LogP contribution in [-0.4, -0.2) is 48.4 Å². The number of carbonyl (C=O) groups is 1. The van der Waals surface area contributed by atoms with Crippen LogP contribution in [0.2, 0.25) is 0 Å². The van der Waals surface area contributed by atoms with E-state index < -0.39 is 0 Å². The predicted octanol–water partition coefficient (Wildman–Crippen LogP) is 3.26. The van der Waals surface area contributed by atoms with E-state index in [0.29, 0.717) is 29.4 Å². The zero-order valence-corrected chi connectivity index (χ0v) is 16.0. The molecule has 3 aromatic rings. The molecule has 2 saturated heterocycles. The van der Waals surface area contributed by atoms with Gasteiger partial charge in [0.15, 0.2) is 0 Å². The van der Waals surface area contributed by atoms with Gasteiger partial charge in [0.05, 0.1) is 37.1 Å². The van der Waals surface area contributed by atoms with Crippen molar-refractivity contribution in [2.45, 2.75) is 18.6 Å². The highest BCUT2D eigenvalue weighted by molar-refractivity contribution is 6.05. The fourth-order valence-corrected chi connectivity index (χ4v) is 3.97. The minimum Gasteiger partial charge on any atom is -0.497 e. The number of nitrogens with zero attached hydrogens (tertiary/aromatic N) is 3. The number of methoxy groups -OCH3 is 1. The Bertz CT molecular complexity index is 1070. The van der Waals surface area contributed by atoms with E-state index in [-0.39, 0.29) is 6.03 Å². The van der Waals surface area contributed by atoms with Gasteiger partial charge in [-0.25, -0.2) is 9.78 Å². The average molecular weight is 391 g/mol. The second-order valence-corrected chi connectivity index (χ2v) is 7.20. The van der Waals surface area contributed by atoms with Gasteiger partial charge in [0.2, 0.25) is 0 Å². The first-order valence-corrected chi connectivity index (χ1v) is 9.55. The van der Waals surface area contributed by atoms with Crippen molar-refractivity contribution in [3.8, 4) is 5.75 Å². The second kappa shape index (κ2) is 7.21. The lowest BCUT2D eigenvalue weighted by Gasteiger charge is -2.28. The molecule has 2 bridgehead atoms. The van der Waals surface area contributed by atoms with Gasteiger partial charge in [0.1, 0.15) is 17.4 Å². The molecule has 1 aromatic carbocycles. The van der Waals surface area contributed by atoms with E-state index in [9.17, 15) is 4.79 Å². The van der Waals surface area contributed by atoms with Crippen LogP contribution in [0.1, 0.15) is 6.42 Å². The maximum atomic E-state index is 12.6. The molecule has 0 aliphatic carbocycles. The van der Waals surface area contributed by atoms with Crippen molar-refractivity contribution in [3.05, 3.63) is 48.7 Å². The van der Waals surface area contributed by atoms with Gasteiger partial charge in [-0.05, 0) is 36.8 Å². The van der Waals surface area contributed by atoms with Crippen molar-refractivity contribution in [1.82, 2.24) is 9.97 Å². The molecule has 29 heavy (non-hydrogen) atoms. The summed E-state index contributed by atoms with van der Waals surface area (Å²) in [5, 5.41) is 6.54. The third kappa shape index (κ3) is 3.42. The summed E-state index contributed by atoms with van der Waals surface area (Å²) in [6.45, 7) is 1.59. The van der Waals surface area contributed by atoms with Gasteiger partial charge in [-0.3, -0.25) is 10.3 Å². The molecular formula is C21H21N5O3. The molecule has 8 nitrogen and oxygen atoms in total. The molecule has 8 heteroatoms. The zero-order valence-electron chi connectivity index (χ0n) is 16.0. The number of fused-ring (bicyclic) bond motifs is 3. The highest BCUT2D eigenvalue weighted by atomic mass is 16.5. The molecule has 5 rings (SSSR count). The number of morpholine rings is 1. The van der Waals surface area contributed by atoms with Gasteiger partial charge in [0, 0.05) is 24.2 Å². The number of urea groups is 1. The summed E-state index contributed by atoms with van der Waals surface area (Å²) < 4.78 is 10.9. The van der Waals surface area contributed by atoms with Crippen molar-refractivity contribution < 1.29 is 14.3 Å². The van der Waals surface area contributed by atoms with Crippen LogP contribution in [0.5, 0.6) is 5.75 Å².